The fraction of sp³-hybridized carbons (Fsp3) is 0.471. The number of aliphatic hydroxyl groups is 6. The van der Waals surface area contributed by atoms with Crippen molar-refractivity contribution >= 4 is 24.1 Å². The molecule has 0 radical (unpaired) electrons. The molecule has 0 aromatic heterocycles. The van der Waals surface area contributed by atoms with Gasteiger partial charge in [-0.15, -0.1) is 0 Å². The van der Waals surface area contributed by atoms with Gasteiger partial charge in [0, 0.05) is 12.2 Å². The fourth-order valence-corrected chi connectivity index (χ4v) is 5.48. The van der Waals surface area contributed by atoms with Crippen molar-refractivity contribution in [1.29, 1.82) is 0 Å². The van der Waals surface area contributed by atoms with Crippen LogP contribution in [0.25, 0.3) is 12.2 Å². The maximum Gasteiger partial charge on any atom is 0.331 e. The number of carbonyl (C=O) groups excluding carboxylic acids is 2. The van der Waals surface area contributed by atoms with Crippen molar-refractivity contribution in [3.8, 4) is 34.5 Å². The van der Waals surface area contributed by atoms with Crippen LogP contribution in [0, 0.1) is 0 Å². The molecule has 2 fully saturated rings. The number of rotatable bonds is 15. The van der Waals surface area contributed by atoms with Gasteiger partial charge in [0.1, 0.15) is 49.8 Å². The Morgan fingerprint density at radius 2 is 1.23 bits per heavy atom. The second-order valence-electron chi connectivity index (χ2n) is 11.6. The van der Waals surface area contributed by atoms with Crippen LogP contribution in [0.4, 0.5) is 0 Å². The fourth-order valence-electron chi connectivity index (χ4n) is 5.48. The zero-order valence-electron chi connectivity index (χ0n) is 28.9. The molecule has 2 aliphatic heterocycles. The van der Waals surface area contributed by atoms with Crippen LogP contribution in [-0.2, 0) is 33.3 Å². The van der Waals surface area contributed by atoms with Gasteiger partial charge in [0.25, 0.3) is 0 Å². The highest BCUT2D eigenvalue weighted by molar-refractivity contribution is 5.88. The molecule has 0 aliphatic carbocycles. The highest BCUT2D eigenvalue weighted by Crippen LogP contribution is 2.39. The van der Waals surface area contributed by atoms with E-state index in [1.165, 1.54) is 64.9 Å². The molecule has 0 unspecified atom stereocenters. The molecule has 2 aromatic rings. The van der Waals surface area contributed by atoms with Gasteiger partial charge in [-0.25, -0.2) is 9.59 Å². The Labute approximate surface area is 302 Å². The smallest absolute Gasteiger partial charge is 0.331 e. The van der Waals surface area contributed by atoms with Gasteiger partial charge in [-0.05, 0) is 47.5 Å². The molecule has 4 rings (SSSR count). The summed E-state index contributed by atoms with van der Waals surface area (Å²) in [4.78, 5) is 25.3. The summed E-state index contributed by atoms with van der Waals surface area (Å²) in [7, 11) is 5.27. The molecule has 19 nitrogen and oxygen atoms in total. The molecule has 2 heterocycles. The summed E-state index contributed by atoms with van der Waals surface area (Å²) in [5, 5.41) is 83.6. The Bertz CT molecular complexity index is 1590. The van der Waals surface area contributed by atoms with Crippen LogP contribution in [0.3, 0.4) is 0 Å². The second kappa shape index (κ2) is 17.9. The number of hydrogen-bond acceptors (Lipinski definition) is 19. The topological polar surface area (TPSA) is 279 Å². The lowest BCUT2D eigenvalue weighted by atomic mass is 9.98. The van der Waals surface area contributed by atoms with Gasteiger partial charge in [0.15, 0.2) is 35.4 Å². The minimum absolute atomic E-state index is 0.0447. The van der Waals surface area contributed by atoms with E-state index in [1.807, 2.05) is 0 Å². The predicted octanol–water partition coefficient (Wildman–Crippen LogP) is -1.42. The van der Waals surface area contributed by atoms with Crippen molar-refractivity contribution < 1.29 is 93.1 Å². The van der Waals surface area contributed by atoms with Crippen molar-refractivity contribution in [2.24, 2.45) is 0 Å². The number of carbonyl (C=O) groups is 2. The lowest BCUT2D eigenvalue weighted by Gasteiger charge is -2.44. The van der Waals surface area contributed by atoms with E-state index in [-0.39, 0.29) is 34.5 Å². The Morgan fingerprint density at radius 1 is 0.736 bits per heavy atom. The predicted molar refractivity (Wildman–Crippen MR) is 177 cm³/mol. The molecule has 2 saturated heterocycles. The summed E-state index contributed by atoms with van der Waals surface area (Å²) in [5.74, 6) is -4.78. The van der Waals surface area contributed by atoms with Crippen LogP contribution in [-0.4, -0.2) is 156 Å². The average molecular weight is 755 g/mol. The summed E-state index contributed by atoms with van der Waals surface area (Å²) in [6.45, 7) is -2.67. The van der Waals surface area contributed by atoms with E-state index < -0.39 is 86.6 Å². The first-order valence-corrected chi connectivity index (χ1v) is 15.8. The number of esters is 2. The third kappa shape index (κ3) is 9.10. The van der Waals surface area contributed by atoms with Gasteiger partial charge in [-0.2, -0.15) is 0 Å². The highest BCUT2D eigenvalue weighted by atomic mass is 16.8. The van der Waals surface area contributed by atoms with Crippen molar-refractivity contribution in [2.45, 2.75) is 54.8 Å². The number of hydrogen-bond donors (Lipinski definition) is 8. The molecular weight excluding hydrogens is 712 g/mol. The molecule has 0 amide bonds. The minimum Gasteiger partial charge on any atom is -0.502 e. The quantitative estimate of drug-likeness (QED) is 0.0765. The van der Waals surface area contributed by atoms with E-state index in [9.17, 15) is 50.4 Å². The first kappa shape index (κ1) is 41.1. The number of phenolic OH excluding ortho intramolecular Hbond substituents is 2. The first-order chi connectivity index (χ1) is 25.3. The van der Waals surface area contributed by atoms with Crippen molar-refractivity contribution in [2.75, 3.05) is 48.3 Å². The zero-order valence-corrected chi connectivity index (χ0v) is 28.9. The molecule has 8 N–H and O–H groups in total. The highest BCUT2D eigenvalue weighted by Gasteiger charge is 2.59. The molecule has 0 saturated carbocycles. The number of benzene rings is 2. The van der Waals surface area contributed by atoms with Gasteiger partial charge in [-0.1, -0.05) is 0 Å². The SMILES string of the molecule is COc1cc(C=CC(=O)OC[C@H]2O[C@@](CO)(O[C@H]3O[C@H](CO)[C@@H](O)[C@H](OC(=O)C=Cc4cc(OC)c(O)c(OC)c4)[C@H]3O)[C@@H](O)[C@@H]2O)cc(OC)c1O. The molecule has 2 aliphatic rings. The molecular formula is C34H42O19. The molecule has 9 atom stereocenters. The van der Waals surface area contributed by atoms with Crippen LogP contribution in [0.5, 0.6) is 34.5 Å². The normalized spacial score (nSPS) is 28.6. The standard InChI is InChI=1S/C34H42O19/c1-45-18-9-16(10-19(46-2)26(18)39)5-7-24(37)49-14-23-29(42)32(44)34(15-36,52-23)53-33-30(43)31(28(41)22(13-35)50-33)51-25(38)8-6-17-11-20(47-3)27(40)21(12-17)48-4/h5-12,22-23,28-33,35-36,39-44H,13-15H2,1-4H3/t22-,23-,28-,29-,30-,31+,32+,33-,34+/m1/s1. The van der Waals surface area contributed by atoms with E-state index in [4.69, 9.17) is 42.6 Å². The Kier molecular flexibility index (Phi) is 13.9. The Hall–Kier alpha value is -4.70. The van der Waals surface area contributed by atoms with Crippen molar-refractivity contribution in [3.63, 3.8) is 0 Å². The lowest BCUT2D eigenvalue weighted by Crippen LogP contribution is -2.63. The third-order valence-corrected chi connectivity index (χ3v) is 8.33. The number of phenols is 2. The van der Waals surface area contributed by atoms with Crippen molar-refractivity contribution in [1.82, 2.24) is 0 Å². The number of aromatic hydroxyl groups is 2. The summed E-state index contributed by atoms with van der Waals surface area (Å²) in [6.07, 6.45) is -9.89. The van der Waals surface area contributed by atoms with Crippen LogP contribution in [0.1, 0.15) is 11.1 Å². The summed E-state index contributed by atoms with van der Waals surface area (Å²) >= 11 is 0. The maximum atomic E-state index is 12.8. The Balaban J connectivity index is 1.43. The molecule has 292 valence electrons. The van der Waals surface area contributed by atoms with Crippen LogP contribution in [0.15, 0.2) is 36.4 Å². The zero-order chi connectivity index (χ0) is 39.0. The first-order valence-electron chi connectivity index (χ1n) is 15.8. The van der Waals surface area contributed by atoms with Crippen molar-refractivity contribution in [3.05, 3.63) is 47.5 Å². The third-order valence-electron chi connectivity index (χ3n) is 8.33. The molecule has 0 spiro atoms. The van der Waals surface area contributed by atoms with E-state index in [1.54, 1.807) is 0 Å². The van der Waals surface area contributed by atoms with Gasteiger partial charge in [0.2, 0.25) is 17.3 Å². The second-order valence-corrected chi connectivity index (χ2v) is 11.6. The molecule has 53 heavy (non-hydrogen) atoms. The van der Waals surface area contributed by atoms with E-state index in [2.05, 4.69) is 0 Å². The minimum atomic E-state index is -2.51. The monoisotopic (exact) mass is 754 g/mol. The maximum absolute atomic E-state index is 12.8. The molecule has 2 aromatic carbocycles. The number of aliphatic hydroxyl groups excluding tert-OH is 6. The van der Waals surface area contributed by atoms with Gasteiger partial charge >= 0.3 is 11.9 Å². The van der Waals surface area contributed by atoms with Crippen LogP contribution < -0.4 is 18.9 Å². The largest absolute Gasteiger partial charge is 0.502 e. The van der Waals surface area contributed by atoms with Gasteiger partial charge in [-0.3, -0.25) is 0 Å². The van der Waals surface area contributed by atoms with Gasteiger partial charge < -0.3 is 83.5 Å². The van der Waals surface area contributed by atoms with E-state index in [0.717, 1.165) is 12.2 Å². The van der Waals surface area contributed by atoms with Gasteiger partial charge in [0.05, 0.1) is 35.0 Å². The Morgan fingerprint density at radius 3 is 1.68 bits per heavy atom. The molecule has 19 heteroatoms. The molecule has 0 bridgehead atoms. The van der Waals surface area contributed by atoms with E-state index >= 15 is 0 Å². The average Bonchev–Trinajstić information content (AvgIpc) is 3.40. The summed E-state index contributed by atoms with van der Waals surface area (Å²) in [6, 6.07) is 5.62. The van der Waals surface area contributed by atoms with Crippen LogP contribution in [0.2, 0.25) is 0 Å². The summed E-state index contributed by atoms with van der Waals surface area (Å²) in [5.41, 5.74) is 0.728. The van der Waals surface area contributed by atoms with E-state index in [0.29, 0.717) is 11.1 Å². The number of ether oxygens (including phenoxy) is 9. The summed E-state index contributed by atoms with van der Waals surface area (Å²) < 4.78 is 47.4. The number of methoxy groups -OCH3 is 4. The lowest BCUT2D eigenvalue weighted by molar-refractivity contribution is -0.383. The van der Waals surface area contributed by atoms with Crippen LogP contribution >= 0.6 is 0 Å².